The van der Waals surface area contributed by atoms with E-state index in [0.29, 0.717) is 0 Å². The quantitative estimate of drug-likeness (QED) is 0.204. The summed E-state index contributed by atoms with van der Waals surface area (Å²) in [7, 11) is 0. The Kier molecular flexibility index (Phi) is 3.92. The fraction of sp³-hybridized carbons (Fsp3) is 0.0278. The molecule has 0 spiro atoms. The van der Waals surface area contributed by atoms with Crippen molar-refractivity contribution in [3.8, 4) is 16.8 Å². The van der Waals surface area contributed by atoms with Crippen LogP contribution in [0.25, 0.3) is 77.1 Å². The van der Waals surface area contributed by atoms with Crippen LogP contribution in [0, 0.1) is 0 Å². The molecule has 4 aromatic carbocycles. The van der Waals surface area contributed by atoms with E-state index >= 15 is 0 Å². The number of benzene rings is 4. The van der Waals surface area contributed by atoms with Crippen LogP contribution in [0.3, 0.4) is 0 Å². The summed E-state index contributed by atoms with van der Waals surface area (Å²) in [5, 5.41) is 5.79. The van der Waals surface area contributed by atoms with E-state index < -0.39 is 0 Å². The maximum Gasteiger partial charge on any atom is 0.164 e. The van der Waals surface area contributed by atoms with Crippen LogP contribution in [0.1, 0.15) is 11.1 Å². The van der Waals surface area contributed by atoms with Crippen molar-refractivity contribution in [2.45, 2.75) is 6.42 Å². The van der Waals surface area contributed by atoms with Gasteiger partial charge in [0.15, 0.2) is 5.65 Å². The van der Waals surface area contributed by atoms with Crippen LogP contribution in [0.5, 0.6) is 0 Å². The van der Waals surface area contributed by atoms with E-state index in [-0.39, 0.29) is 0 Å². The van der Waals surface area contributed by atoms with Crippen LogP contribution in [0.15, 0.2) is 116 Å². The molecule has 0 saturated carbocycles. The Morgan fingerprint density at radius 2 is 1.51 bits per heavy atom. The molecule has 5 heteroatoms. The summed E-state index contributed by atoms with van der Waals surface area (Å²) in [5.41, 5.74) is 12.8. The number of nitrogens with zero attached hydrogens (tertiary/aromatic N) is 5. The Labute approximate surface area is 234 Å². The smallest absolute Gasteiger partial charge is 0.164 e. The van der Waals surface area contributed by atoms with Gasteiger partial charge < -0.3 is 4.57 Å². The zero-order valence-electron chi connectivity index (χ0n) is 21.9. The summed E-state index contributed by atoms with van der Waals surface area (Å²) in [4.78, 5) is 14.4. The number of rotatable bonds is 1. The summed E-state index contributed by atoms with van der Waals surface area (Å²) in [6, 6.07) is 35.0. The molecule has 5 heterocycles. The maximum absolute atomic E-state index is 5.11. The number of hydrogen-bond acceptors (Lipinski definition) is 3. The monoisotopic (exact) mass is 523 g/mol. The van der Waals surface area contributed by atoms with Crippen molar-refractivity contribution in [2.24, 2.45) is 0 Å². The van der Waals surface area contributed by atoms with Crippen molar-refractivity contribution >= 4 is 60.3 Å². The summed E-state index contributed by atoms with van der Waals surface area (Å²) in [6.07, 6.45) is 6.62. The number of imidazole rings is 1. The van der Waals surface area contributed by atoms with E-state index in [4.69, 9.17) is 9.97 Å². The van der Waals surface area contributed by atoms with Gasteiger partial charge in [0.2, 0.25) is 0 Å². The SMILES string of the molecule is c1ccc(-n2c3cc4c5cnccc5n5c6ncccc6nc5c4cc3c3ccc4c(c32)-c2ccccc2C4)cc1. The average molecular weight is 524 g/mol. The maximum atomic E-state index is 5.11. The Morgan fingerprint density at radius 1 is 0.610 bits per heavy atom. The highest BCUT2D eigenvalue weighted by Crippen LogP contribution is 2.46. The predicted molar refractivity (Wildman–Crippen MR) is 166 cm³/mol. The van der Waals surface area contributed by atoms with Crippen molar-refractivity contribution in [2.75, 3.05) is 0 Å². The molecular formula is C36H21N5. The Bertz CT molecular complexity index is 2550. The molecule has 41 heavy (non-hydrogen) atoms. The van der Waals surface area contributed by atoms with E-state index in [1.54, 1.807) is 0 Å². The fourth-order valence-electron chi connectivity index (χ4n) is 7.13. The molecule has 1 aliphatic rings. The number of para-hydroxylation sites is 1. The van der Waals surface area contributed by atoms with Gasteiger partial charge in [-0.25, -0.2) is 9.97 Å². The lowest BCUT2D eigenvalue weighted by atomic mass is 10.0. The van der Waals surface area contributed by atoms with Gasteiger partial charge >= 0.3 is 0 Å². The minimum Gasteiger partial charge on any atom is -0.309 e. The fourth-order valence-corrected chi connectivity index (χ4v) is 7.13. The third kappa shape index (κ3) is 2.68. The van der Waals surface area contributed by atoms with Crippen LogP contribution in [0.4, 0.5) is 0 Å². The average Bonchev–Trinajstić information content (AvgIpc) is 3.70. The predicted octanol–water partition coefficient (Wildman–Crippen LogP) is 8.25. The zero-order valence-corrected chi connectivity index (χ0v) is 21.9. The van der Waals surface area contributed by atoms with Crippen LogP contribution in [-0.4, -0.2) is 23.9 Å². The van der Waals surface area contributed by atoms with Crippen LogP contribution in [0.2, 0.25) is 0 Å². The molecule has 10 rings (SSSR count). The minimum atomic E-state index is 0.863. The molecule has 190 valence electrons. The highest BCUT2D eigenvalue weighted by molar-refractivity contribution is 6.23. The highest BCUT2D eigenvalue weighted by Gasteiger charge is 2.26. The van der Waals surface area contributed by atoms with Gasteiger partial charge in [-0.1, -0.05) is 54.6 Å². The molecule has 0 radical (unpaired) electrons. The van der Waals surface area contributed by atoms with Gasteiger partial charge in [0.1, 0.15) is 11.2 Å². The molecule has 9 aromatic rings. The largest absolute Gasteiger partial charge is 0.309 e. The zero-order chi connectivity index (χ0) is 26.7. The molecule has 0 fully saturated rings. The Hall–Kier alpha value is -5.55. The van der Waals surface area contributed by atoms with Gasteiger partial charge in [-0.15, -0.1) is 0 Å². The Balaban J connectivity index is 1.47. The Morgan fingerprint density at radius 3 is 2.46 bits per heavy atom. The lowest BCUT2D eigenvalue weighted by Gasteiger charge is -2.12. The first-order valence-electron chi connectivity index (χ1n) is 13.9. The molecule has 5 aromatic heterocycles. The first kappa shape index (κ1) is 21.3. The molecular weight excluding hydrogens is 502 g/mol. The minimum absolute atomic E-state index is 0.863. The first-order valence-corrected chi connectivity index (χ1v) is 13.9. The summed E-state index contributed by atoms with van der Waals surface area (Å²) < 4.78 is 4.64. The molecule has 0 N–H and O–H groups in total. The molecule has 0 saturated heterocycles. The number of fused-ring (bicyclic) bond motifs is 15. The highest BCUT2D eigenvalue weighted by atomic mass is 15.1. The topological polar surface area (TPSA) is 48.0 Å². The third-order valence-electron chi connectivity index (χ3n) is 8.82. The number of pyridine rings is 3. The standard InChI is InChI=1S/C36H21N5/c1-2-8-23(9-3-1)40-32-19-26-28(35-39-30-11-6-15-38-36(30)41(35)31-14-16-37-20-29(26)31)18-27(32)25-13-12-22-17-21-7-4-5-10-24(21)33(22)34(25)40/h1-16,18-20H,17H2. The molecule has 0 unspecified atom stereocenters. The van der Waals surface area contributed by atoms with Crippen molar-refractivity contribution in [3.05, 3.63) is 127 Å². The van der Waals surface area contributed by atoms with Gasteiger partial charge in [-0.05, 0) is 71.0 Å². The lowest BCUT2D eigenvalue weighted by Crippen LogP contribution is -1.96. The van der Waals surface area contributed by atoms with Crippen LogP contribution < -0.4 is 0 Å². The van der Waals surface area contributed by atoms with Gasteiger partial charge in [0.25, 0.3) is 0 Å². The summed E-state index contributed by atoms with van der Waals surface area (Å²) in [6.45, 7) is 0. The van der Waals surface area contributed by atoms with Crippen LogP contribution >= 0.6 is 0 Å². The molecule has 0 aliphatic heterocycles. The van der Waals surface area contributed by atoms with E-state index in [1.807, 2.05) is 30.7 Å². The number of aromatic nitrogens is 5. The molecule has 1 aliphatic carbocycles. The van der Waals surface area contributed by atoms with E-state index in [2.05, 4.69) is 98.9 Å². The second-order valence-electron chi connectivity index (χ2n) is 10.9. The normalized spacial score (nSPS) is 12.8. The van der Waals surface area contributed by atoms with Gasteiger partial charge in [0.05, 0.1) is 16.6 Å². The summed E-state index contributed by atoms with van der Waals surface area (Å²) in [5.74, 6) is 0. The van der Waals surface area contributed by atoms with Crippen molar-refractivity contribution < 1.29 is 0 Å². The van der Waals surface area contributed by atoms with Crippen LogP contribution in [-0.2, 0) is 6.42 Å². The van der Waals surface area contributed by atoms with Crippen molar-refractivity contribution in [1.82, 2.24) is 23.9 Å². The van der Waals surface area contributed by atoms with E-state index in [0.717, 1.165) is 50.6 Å². The second-order valence-corrected chi connectivity index (χ2v) is 10.9. The number of hydrogen-bond donors (Lipinski definition) is 0. The molecule has 0 atom stereocenters. The van der Waals surface area contributed by atoms with Gasteiger partial charge in [-0.3, -0.25) is 9.38 Å². The van der Waals surface area contributed by atoms with Crippen molar-refractivity contribution in [3.63, 3.8) is 0 Å². The second kappa shape index (κ2) is 7.55. The molecule has 5 nitrogen and oxygen atoms in total. The van der Waals surface area contributed by atoms with E-state index in [1.165, 1.54) is 44.1 Å². The summed E-state index contributed by atoms with van der Waals surface area (Å²) >= 11 is 0. The van der Waals surface area contributed by atoms with Gasteiger partial charge in [-0.2, -0.15) is 0 Å². The first-order chi connectivity index (χ1) is 20.3. The molecule has 0 bridgehead atoms. The molecule has 0 amide bonds. The van der Waals surface area contributed by atoms with E-state index in [9.17, 15) is 0 Å². The lowest BCUT2D eigenvalue weighted by molar-refractivity contribution is 1.18. The third-order valence-corrected chi connectivity index (χ3v) is 8.82. The van der Waals surface area contributed by atoms with Crippen molar-refractivity contribution in [1.29, 1.82) is 0 Å². The van der Waals surface area contributed by atoms with Gasteiger partial charge in [0, 0.05) is 51.4 Å².